The molecule has 1 heterocycles. The van der Waals surface area contributed by atoms with Crippen LogP contribution in [0.25, 0.3) is 0 Å². The molecule has 0 amide bonds. The van der Waals surface area contributed by atoms with Crippen molar-refractivity contribution in [2.45, 2.75) is 38.8 Å². The Bertz CT molecular complexity index is 365. The fourth-order valence-corrected chi connectivity index (χ4v) is 2.80. The Labute approximate surface area is 118 Å². The van der Waals surface area contributed by atoms with Gasteiger partial charge in [0.1, 0.15) is 0 Å². The molecule has 1 aliphatic heterocycles. The van der Waals surface area contributed by atoms with Gasteiger partial charge in [-0.15, -0.1) is 0 Å². The summed E-state index contributed by atoms with van der Waals surface area (Å²) >= 11 is 3.49. The summed E-state index contributed by atoms with van der Waals surface area (Å²) < 4.78 is 7.06. The van der Waals surface area contributed by atoms with E-state index in [1.165, 1.54) is 12.0 Å². The van der Waals surface area contributed by atoms with Crippen LogP contribution in [-0.2, 0) is 4.74 Å². The van der Waals surface area contributed by atoms with Crippen LogP contribution in [0.4, 0.5) is 0 Å². The average Bonchev–Trinajstić information content (AvgIpc) is 2.78. The van der Waals surface area contributed by atoms with Gasteiger partial charge in [0.2, 0.25) is 0 Å². The van der Waals surface area contributed by atoms with Gasteiger partial charge in [-0.2, -0.15) is 0 Å². The molecule has 0 radical (unpaired) electrons. The summed E-state index contributed by atoms with van der Waals surface area (Å²) in [6.45, 7) is 6.42. The summed E-state index contributed by atoms with van der Waals surface area (Å²) in [7, 11) is 0. The highest BCUT2D eigenvalue weighted by Crippen LogP contribution is 2.31. The van der Waals surface area contributed by atoms with Crippen LogP contribution < -0.4 is 5.32 Å². The minimum Gasteiger partial charge on any atom is -0.376 e. The number of benzene rings is 1. The fourth-order valence-electron chi connectivity index (χ4n) is 2.54. The molecule has 2 nitrogen and oxygen atoms in total. The van der Waals surface area contributed by atoms with E-state index in [2.05, 4.69) is 59.4 Å². The van der Waals surface area contributed by atoms with E-state index < -0.39 is 0 Å². The third kappa shape index (κ3) is 3.34. The van der Waals surface area contributed by atoms with Crippen molar-refractivity contribution in [3.05, 3.63) is 34.3 Å². The number of halogens is 1. The fraction of sp³-hybridized carbons (Fsp3) is 0.600. The first-order chi connectivity index (χ1) is 8.72. The van der Waals surface area contributed by atoms with Gasteiger partial charge in [0.05, 0.1) is 12.1 Å². The first kappa shape index (κ1) is 14.0. The van der Waals surface area contributed by atoms with Crippen molar-refractivity contribution < 1.29 is 4.74 Å². The number of hydrogen-bond donors (Lipinski definition) is 1. The standard InChI is InChI=1S/C15H22BrNO/c1-3-9-17-14(15-11(2)8-10-18-15)12-4-6-13(16)7-5-12/h4-7,11,14-15,17H,3,8-10H2,1-2H3. The van der Waals surface area contributed by atoms with E-state index in [1.54, 1.807) is 0 Å². The molecular weight excluding hydrogens is 290 g/mol. The smallest absolute Gasteiger partial charge is 0.0795 e. The molecule has 1 saturated heterocycles. The number of nitrogens with one attached hydrogen (secondary N) is 1. The van der Waals surface area contributed by atoms with Crippen LogP contribution in [0.15, 0.2) is 28.7 Å². The van der Waals surface area contributed by atoms with Crippen molar-refractivity contribution in [3.63, 3.8) is 0 Å². The van der Waals surface area contributed by atoms with Gasteiger partial charge in [0, 0.05) is 11.1 Å². The van der Waals surface area contributed by atoms with Crippen LogP contribution in [0.3, 0.4) is 0 Å². The van der Waals surface area contributed by atoms with E-state index in [4.69, 9.17) is 4.74 Å². The normalized spacial score (nSPS) is 25.3. The lowest BCUT2D eigenvalue weighted by Gasteiger charge is -2.27. The minimum atomic E-state index is 0.303. The molecule has 1 aromatic rings. The third-order valence-electron chi connectivity index (χ3n) is 3.62. The maximum atomic E-state index is 5.93. The van der Waals surface area contributed by atoms with Gasteiger partial charge in [0.15, 0.2) is 0 Å². The Balaban J connectivity index is 2.15. The predicted octanol–water partition coefficient (Wildman–Crippen LogP) is 3.91. The van der Waals surface area contributed by atoms with Crippen LogP contribution in [0.1, 0.15) is 38.3 Å². The molecule has 18 heavy (non-hydrogen) atoms. The first-order valence-corrected chi connectivity index (χ1v) is 7.62. The van der Waals surface area contributed by atoms with E-state index in [1.807, 2.05) is 0 Å². The molecule has 3 atom stereocenters. The Morgan fingerprint density at radius 2 is 2.11 bits per heavy atom. The number of rotatable bonds is 5. The van der Waals surface area contributed by atoms with Crippen molar-refractivity contribution in [1.82, 2.24) is 5.32 Å². The van der Waals surface area contributed by atoms with Crippen LogP contribution in [0.5, 0.6) is 0 Å². The Kier molecular flexibility index (Phi) is 5.22. The zero-order chi connectivity index (χ0) is 13.0. The monoisotopic (exact) mass is 311 g/mol. The van der Waals surface area contributed by atoms with Gasteiger partial charge < -0.3 is 10.1 Å². The molecule has 0 bridgehead atoms. The third-order valence-corrected chi connectivity index (χ3v) is 4.14. The van der Waals surface area contributed by atoms with Crippen LogP contribution >= 0.6 is 15.9 Å². The van der Waals surface area contributed by atoms with Gasteiger partial charge in [-0.05, 0) is 43.0 Å². The van der Waals surface area contributed by atoms with Gasteiger partial charge >= 0.3 is 0 Å². The molecule has 3 unspecified atom stereocenters. The predicted molar refractivity (Wildman–Crippen MR) is 78.7 cm³/mol. The molecule has 0 aromatic heterocycles. The van der Waals surface area contributed by atoms with E-state index in [-0.39, 0.29) is 0 Å². The second-order valence-electron chi connectivity index (χ2n) is 5.08. The zero-order valence-corrected chi connectivity index (χ0v) is 12.7. The summed E-state index contributed by atoms with van der Waals surface area (Å²) in [6, 6.07) is 8.90. The van der Waals surface area contributed by atoms with E-state index in [0.29, 0.717) is 18.1 Å². The SMILES string of the molecule is CCCNC(c1ccc(Br)cc1)C1OCCC1C. The maximum absolute atomic E-state index is 5.93. The van der Waals surface area contributed by atoms with E-state index in [9.17, 15) is 0 Å². The van der Waals surface area contributed by atoms with Gasteiger partial charge in [-0.25, -0.2) is 0 Å². The largest absolute Gasteiger partial charge is 0.376 e. The second kappa shape index (κ2) is 6.69. The Hall–Kier alpha value is -0.380. The highest BCUT2D eigenvalue weighted by molar-refractivity contribution is 9.10. The van der Waals surface area contributed by atoms with Crippen molar-refractivity contribution >= 4 is 15.9 Å². The number of hydrogen-bond acceptors (Lipinski definition) is 2. The molecular formula is C15H22BrNO. The van der Waals surface area contributed by atoms with E-state index in [0.717, 1.165) is 24.0 Å². The lowest BCUT2D eigenvalue weighted by molar-refractivity contribution is 0.0607. The Morgan fingerprint density at radius 3 is 2.67 bits per heavy atom. The summed E-state index contributed by atoms with van der Waals surface area (Å²) in [5.41, 5.74) is 1.32. The molecule has 0 aliphatic carbocycles. The summed E-state index contributed by atoms with van der Waals surface area (Å²) in [4.78, 5) is 0. The molecule has 1 N–H and O–H groups in total. The highest BCUT2D eigenvalue weighted by Gasteiger charge is 2.32. The molecule has 0 saturated carbocycles. The number of ether oxygens (including phenoxy) is 1. The van der Waals surface area contributed by atoms with Crippen molar-refractivity contribution in [3.8, 4) is 0 Å². The second-order valence-corrected chi connectivity index (χ2v) is 6.00. The van der Waals surface area contributed by atoms with E-state index >= 15 is 0 Å². The van der Waals surface area contributed by atoms with Crippen LogP contribution in [0.2, 0.25) is 0 Å². The lowest BCUT2D eigenvalue weighted by Crippen LogP contribution is -2.35. The maximum Gasteiger partial charge on any atom is 0.0795 e. The van der Waals surface area contributed by atoms with Crippen molar-refractivity contribution in [1.29, 1.82) is 0 Å². The summed E-state index contributed by atoms with van der Waals surface area (Å²) in [5, 5.41) is 3.64. The quantitative estimate of drug-likeness (QED) is 0.890. The molecule has 0 spiro atoms. The highest BCUT2D eigenvalue weighted by atomic mass is 79.9. The first-order valence-electron chi connectivity index (χ1n) is 6.83. The van der Waals surface area contributed by atoms with Crippen molar-refractivity contribution in [2.75, 3.05) is 13.2 Å². The average molecular weight is 312 g/mol. The van der Waals surface area contributed by atoms with Gasteiger partial charge in [0.25, 0.3) is 0 Å². The summed E-state index contributed by atoms with van der Waals surface area (Å²) in [5.74, 6) is 0.628. The zero-order valence-electron chi connectivity index (χ0n) is 11.2. The molecule has 2 rings (SSSR count). The molecule has 3 heteroatoms. The molecule has 1 aromatic carbocycles. The van der Waals surface area contributed by atoms with Gasteiger partial charge in [-0.3, -0.25) is 0 Å². The molecule has 1 fully saturated rings. The topological polar surface area (TPSA) is 21.3 Å². The molecule has 1 aliphatic rings. The summed E-state index contributed by atoms with van der Waals surface area (Å²) in [6.07, 6.45) is 2.62. The minimum absolute atomic E-state index is 0.303. The Morgan fingerprint density at radius 1 is 1.39 bits per heavy atom. The van der Waals surface area contributed by atoms with Gasteiger partial charge in [-0.1, -0.05) is 41.9 Å². The van der Waals surface area contributed by atoms with Crippen molar-refractivity contribution in [2.24, 2.45) is 5.92 Å². The lowest BCUT2D eigenvalue weighted by atomic mass is 9.92. The van der Waals surface area contributed by atoms with Crippen LogP contribution in [0, 0.1) is 5.92 Å². The van der Waals surface area contributed by atoms with Crippen LogP contribution in [-0.4, -0.2) is 19.3 Å². The molecule has 100 valence electrons.